The topological polar surface area (TPSA) is 62.5 Å². The summed E-state index contributed by atoms with van der Waals surface area (Å²) in [7, 11) is 0. The van der Waals surface area contributed by atoms with Crippen molar-refractivity contribution in [1.82, 2.24) is 24.6 Å². The first kappa shape index (κ1) is 15.8. The number of imidazole rings is 1. The number of aryl methyl sites for hydroxylation is 1. The van der Waals surface area contributed by atoms with E-state index in [-0.39, 0.29) is 11.9 Å². The van der Waals surface area contributed by atoms with Crippen molar-refractivity contribution in [1.29, 1.82) is 0 Å². The molecule has 128 valence electrons. The van der Waals surface area contributed by atoms with Crippen molar-refractivity contribution in [3.05, 3.63) is 65.7 Å². The van der Waals surface area contributed by atoms with Crippen LogP contribution in [0.2, 0.25) is 0 Å². The minimum absolute atomic E-state index is 0.0791. The lowest BCUT2D eigenvalue weighted by Gasteiger charge is -2.17. The molecule has 0 spiro atoms. The molecule has 25 heavy (non-hydrogen) atoms. The number of nitrogens with one attached hydrogen (secondary N) is 1. The molecule has 2 aromatic heterocycles. The van der Waals surface area contributed by atoms with Crippen LogP contribution in [0.25, 0.3) is 5.78 Å². The molecule has 1 aliphatic heterocycles. The Morgan fingerprint density at radius 3 is 2.96 bits per heavy atom. The summed E-state index contributed by atoms with van der Waals surface area (Å²) in [4.78, 5) is 23.7. The van der Waals surface area contributed by atoms with E-state index in [1.807, 2.05) is 25.3 Å². The number of fused-ring (bicyclic) bond motifs is 1. The van der Waals surface area contributed by atoms with Gasteiger partial charge in [0.25, 0.3) is 5.91 Å². The van der Waals surface area contributed by atoms with Crippen molar-refractivity contribution in [3.8, 4) is 0 Å². The number of amides is 1. The van der Waals surface area contributed by atoms with E-state index in [0.29, 0.717) is 17.2 Å². The smallest absolute Gasteiger partial charge is 0.270 e. The van der Waals surface area contributed by atoms with E-state index in [1.165, 1.54) is 5.56 Å². The number of rotatable bonds is 4. The van der Waals surface area contributed by atoms with Gasteiger partial charge in [-0.25, -0.2) is 9.97 Å². The zero-order valence-corrected chi connectivity index (χ0v) is 14.2. The van der Waals surface area contributed by atoms with Gasteiger partial charge in [-0.3, -0.25) is 14.1 Å². The van der Waals surface area contributed by atoms with Crippen LogP contribution in [0, 0.1) is 6.92 Å². The van der Waals surface area contributed by atoms with Crippen molar-refractivity contribution in [2.45, 2.75) is 25.9 Å². The SMILES string of the molecule is Cc1nc2ncccn2c1C(=O)N[C@H]1CCN(Cc2ccccc2)C1. The fraction of sp³-hybridized carbons (Fsp3) is 0.316. The molecular formula is C19H21N5O. The Kier molecular flexibility index (Phi) is 4.19. The first-order valence-corrected chi connectivity index (χ1v) is 8.57. The third kappa shape index (κ3) is 3.25. The Balaban J connectivity index is 1.42. The molecule has 0 bridgehead atoms. The maximum atomic E-state index is 12.7. The second-order valence-corrected chi connectivity index (χ2v) is 6.52. The molecular weight excluding hydrogens is 314 g/mol. The molecule has 1 N–H and O–H groups in total. The monoisotopic (exact) mass is 335 g/mol. The molecule has 1 saturated heterocycles. The molecule has 1 amide bonds. The Morgan fingerprint density at radius 1 is 1.28 bits per heavy atom. The molecule has 1 aliphatic rings. The lowest BCUT2D eigenvalue weighted by atomic mass is 10.2. The maximum Gasteiger partial charge on any atom is 0.270 e. The Morgan fingerprint density at radius 2 is 2.12 bits per heavy atom. The molecule has 6 nitrogen and oxygen atoms in total. The van der Waals surface area contributed by atoms with Crippen LogP contribution in [-0.2, 0) is 6.54 Å². The van der Waals surface area contributed by atoms with Crippen molar-refractivity contribution in [3.63, 3.8) is 0 Å². The van der Waals surface area contributed by atoms with Gasteiger partial charge in [0.15, 0.2) is 0 Å². The van der Waals surface area contributed by atoms with Gasteiger partial charge in [0.2, 0.25) is 5.78 Å². The van der Waals surface area contributed by atoms with E-state index in [1.54, 1.807) is 10.6 Å². The molecule has 3 heterocycles. The third-order valence-electron chi connectivity index (χ3n) is 4.65. The van der Waals surface area contributed by atoms with Crippen molar-refractivity contribution in [2.75, 3.05) is 13.1 Å². The largest absolute Gasteiger partial charge is 0.347 e. The van der Waals surface area contributed by atoms with E-state index in [4.69, 9.17) is 0 Å². The number of nitrogens with zero attached hydrogens (tertiary/aromatic N) is 4. The van der Waals surface area contributed by atoms with Crippen LogP contribution in [0.5, 0.6) is 0 Å². The maximum absolute atomic E-state index is 12.7. The number of hydrogen-bond acceptors (Lipinski definition) is 4. The van der Waals surface area contributed by atoms with Crippen LogP contribution in [0.3, 0.4) is 0 Å². The number of benzene rings is 1. The molecule has 0 radical (unpaired) electrons. The van der Waals surface area contributed by atoms with E-state index >= 15 is 0 Å². The standard InChI is InChI=1S/C19H21N5O/c1-14-17(24-10-5-9-20-19(24)21-14)18(25)22-16-8-11-23(13-16)12-15-6-3-2-4-7-15/h2-7,9-10,16H,8,11-13H2,1H3,(H,22,25)/t16-/m0/s1. The number of likely N-dealkylation sites (tertiary alicyclic amines) is 1. The summed E-state index contributed by atoms with van der Waals surface area (Å²) in [5.74, 6) is 0.479. The summed E-state index contributed by atoms with van der Waals surface area (Å²) in [6.07, 6.45) is 4.47. The number of carbonyl (C=O) groups excluding carboxylic acids is 1. The van der Waals surface area contributed by atoms with Crippen LogP contribution < -0.4 is 5.32 Å². The quantitative estimate of drug-likeness (QED) is 0.792. The highest BCUT2D eigenvalue weighted by atomic mass is 16.2. The van der Waals surface area contributed by atoms with Crippen LogP contribution >= 0.6 is 0 Å². The summed E-state index contributed by atoms with van der Waals surface area (Å²) in [5.41, 5.74) is 2.58. The van der Waals surface area contributed by atoms with Gasteiger partial charge in [0.05, 0.1) is 5.69 Å². The molecule has 6 heteroatoms. The highest BCUT2D eigenvalue weighted by Crippen LogP contribution is 2.15. The van der Waals surface area contributed by atoms with Gasteiger partial charge in [0.1, 0.15) is 5.69 Å². The first-order chi connectivity index (χ1) is 12.2. The second-order valence-electron chi connectivity index (χ2n) is 6.52. The normalized spacial score (nSPS) is 17.9. The molecule has 4 rings (SSSR count). The van der Waals surface area contributed by atoms with Crippen molar-refractivity contribution >= 4 is 11.7 Å². The Hall–Kier alpha value is -2.73. The lowest BCUT2D eigenvalue weighted by Crippen LogP contribution is -2.37. The third-order valence-corrected chi connectivity index (χ3v) is 4.65. The Bertz CT molecular complexity index is 889. The predicted octanol–water partition coefficient (Wildman–Crippen LogP) is 2.04. The highest BCUT2D eigenvalue weighted by molar-refractivity contribution is 5.94. The Labute approximate surface area is 146 Å². The molecule has 0 unspecified atom stereocenters. The van der Waals surface area contributed by atoms with Crippen LogP contribution in [0.4, 0.5) is 0 Å². The van der Waals surface area contributed by atoms with Gasteiger partial charge in [-0.15, -0.1) is 0 Å². The average Bonchev–Trinajstić information content (AvgIpc) is 3.18. The zero-order chi connectivity index (χ0) is 17.2. The molecule has 1 atom stereocenters. The average molecular weight is 335 g/mol. The molecule has 0 saturated carbocycles. The van der Waals surface area contributed by atoms with Gasteiger partial charge in [-0.2, -0.15) is 0 Å². The molecule has 3 aromatic rings. The fourth-order valence-electron chi connectivity index (χ4n) is 3.46. The van der Waals surface area contributed by atoms with Crippen LogP contribution in [0.1, 0.15) is 28.2 Å². The fourth-order valence-corrected chi connectivity index (χ4v) is 3.46. The number of hydrogen-bond donors (Lipinski definition) is 1. The summed E-state index contributed by atoms with van der Waals surface area (Å²) < 4.78 is 1.75. The van der Waals surface area contributed by atoms with Gasteiger partial charge < -0.3 is 5.32 Å². The molecule has 1 fully saturated rings. The number of aromatic nitrogens is 3. The van der Waals surface area contributed by atoms with Crippen LogP contribution in [0.15, 0.2) is 48.8 Å². The van der Waals surface area contributed by atoms with Gasteiger partial charge in [0, 0.05) is 38.1 Å². The molecule has 1 aromatic carbocycles. The highest BCUT2D eigenvalue weighted by Gasteiger charge is 2.26. The van der Waals surface area contributed by atoms with Gasteiger partial charge in [-0.05, 0) is 25.0 Å². The summed E-state index contributed by atoms with van der Waals surface area (Å²) in [5, 5.41) is 3.16. The van der Waals surface area contributed by atoms with E-state index in [0.717, 1.165) is 26.1 Å². The summed E-state index contributed by atoms with van der Waals surface area (Å²) in [6, 6.07) is 12.4. The van der Waals surface area contributed by atoms with Crippen LogP contribution in [-0.4, -0.2) is 44.3 Å². The predicted molar refractivity (Wildman–Crippen MR) is 95.3 cm³/mol. The van der Waals surface area contributed by atoms with Crippen molar-refractivity contribution in [2.24, 2.45) is 0 Å². The zero-order valence-electron chi connectivity index (χ0n) is 14.2. The van der Waals surface area contributed by atoms with Gasteiger partial charge >= 0.3 is 0 Å². The summed E-state index contributed by atoms with van der Waals surface area (Å²) in [6.45, 7) is 4.63. The van der Waals surface area contributed by atoms with Crippen molar-refractivity contribution < 1.29 is 4.79 Å². The minimum atomic E-state index is -0.0791. The number of carbonyl (C=O) groups is 1. The minimum Gasteiger partial charge on any atom is -0.347 e. The van der Waals surface area contributed by atoms with E-state index in [9.17, 15) is 4.79 Å². The second kappa shape index (κ2) is 6.64. The van der Waals surface area contributed by atoms with E-state index in [2.05, 4.69) is 44.5 Å². The molecule has 0 aliphatic carbocycles. The van der Waals surface area contributed by atoms with Gasteiger partial charge in [-0.1, -0.05) is 30.3 Å². The summed E-state index contributed by atoms with van der Waals surface area (Å²) >= 11 is 0. The lowest BCUT2D eigenvalue weighted by molar-refractivity contribution is 0.0931. The first-order valence-electron chi connectivity index (χ1n) is 8.57. The van der Waals surface area contributed by atoms with E-state index < -0.39 is 0 Å².